The first-order valence-corrected chi connectivity index (χ1v) is 7.06. The molecule has 2 rings (SSSR count). The van der Waals surface area contributed by atoms with Gasteiger partial charge in [0.1, 0.15) is 0 Å². The van der Waals surface area contributed by atoms with E-state index in [1.165, 1.54) is 7.11 Å². The van der Waals surface area contributed by atoms with Gasteiger partial charge in [-0.15, -0.1) is 0 Å². The molecule has 1 N–H and O–H groups in total. The highest BCUT2D eigenvalue weighted by molar-refractivity contribution is 6.31. The lowest BCUT2D eigenvalue weighted by atomic mass is 10.1. The maximum Gasteiger partial charge on any atom is 0.340 e. The molecule has 0 bridgehead atoms. The standard InChI is InChI=1S/C15H18ClN3O2/c1-4-13-10(9-19(2)18-13)8-17-14-6-5-11(16)7-12(14)15(20)21-3/h5-7,9,17H,4,8H2,1-3H3. The SMILES string of the molecule is CCc1nn(C)cc1CNc1ccc(Cl)cc1C(=O)OC. The van der Waals surface area contributed by atoms with E-state index in [2.05, 4.69) is 17.3 Å². The Morgan fingerprint density at radius 2 is 2.24 bits per heavy atom. The number of aryl methyl sites for hydroxylation is 2. The molecule has 1 aromatic heterocycles. The van der Waals surface area contributed by atoms with Crippen molar-refractivity contribution < 1.29 is 9.53 Å². The van der Waals surface area contributed by atoms with Crippen LogP contribution in [0.5, 0.6) is 0 Å². The van der Waals surface area contributed by atoms with Crippen molar-refractivity contribution >= 4 is 23.3 Å². The van der Waals surface area contributed by atoms with Crippen LogP contribution in [0.1, 0.15) is 28.5 Å². The van der Waals surface area contributed by atoms with Gasteiger partial charge in [-0.1, -0.05) is 18.5 Å². The number of nitrogens with zero attached hydrogens (tertiary/aromatic N) is 2. The van der Waals surface area contributed by atoms with E-state index in [0.717, 1.165) is 17.7 Å². The predicted octanol–water partition coefficient (Wildman–Crippen LogP) is 3.03. The van der Waals surface area contributed by atoms with Crippen molar-refractivity contribution in [3.8, 4) is 0 Å². The van der Waals surface area contributed by atoms with E-state index in [1.807, 2.05) is 13.2 Å². The topological polar surface area (TPSA) is 56.2 Å². The second-order valence-electron chi connectivity index (χ2n) is 4.66. The summed E-state index contributed by atoms with van der Waals surface area (Å²) in [5.41, 5.74) is 3.26. The average Bonchev–Trinajstić information content (AvgIpc) is 2.85. The second kappa shape index (κ2) is 6.63. The number of benzene rings is 1. The summed E-state index contributed by atoms with van der Waals surface area (Å²) in [6, 6.07) is 5.11. The number of rotatable bonds is 5. The molecule has 112 valence electrons. The summed E-state index contributed by atoms with van der Waals surface area (Å²) in [6.45, 7) is 2.65. The smallest absolute Gasteiger partial charge is 0.340 e. The number of hydrogen-bond acceptors (Lipinski definition) is 4. The third-order valence-electron chi connectivity index (χ3n) is 3.18. The summed E-state index contributed by atoms with van der Waals surface area (Å²) in [7, 11) is 3.24. The number of esters is 1. The van der Waals surface area contributed by atoms with Crippen LogP contribution in [0.15, 0.2) is 24.4 Å². The Morgan fingerprint density at radius 1 is 1.48 bits per heavy atom. The monoisotopic (exact) mass is 307 g/mol. The molecule has 2 aromatic rings. The molecule has 0 unspecified atom stereocenters. The molecule has 0 aliphatic heterocycles. The Kier molecular flexibility index (Phi) is 4.85. The minimum atomic E-state index is -0.415. The molecule has 0 aliphatic carbocycles. The lowest BCUT2D eigenvalue weighted by molar-refractivity contribution is 0.0602. The number of carbonyl (C=O) groups is 1. The van der Waals surface area contributed by atoms with Gasteiger partial charge in [-0.3, -0.25) is 4.68 Å². The van der Waals surface area contributed by atoms with Gasteiger partial charge in [0.15, 0.2) is 0 Å². The third-order valence-corrected chi connectivity index (χ3v) is 3.42. The van der Waals surface area contributed by atoms with Gasteiger partial charge in [-0.05, 0) is 24.6 Å². The van der Waals surface area contributed by atoms with E-state index in [0.29, 0.717) is 22.8 Å². The highest BCUT2D eigenvalue weighted by atomic mass is 35.5. The van der Waals surface area contributed by atoms with Crippen molar-refractivity contribution in [3.05, 3.63) is 46.2 Å². The summed E-state index contributed by atoms with van der Waals surface area (Å²) in [6.07, 6.45) is 2.84. The van der Waals surface area contributed by atoms with Gasteiger partial charge in [0.25, 0.3) is 0 Å². The Balaban J connectivity index is 2.21. The van der Waals surface area contributed by atoms with Gasteiger partial charge >= 0.3 is 5.97 Å². The summed E-state index contributed by atoms with van der Waals surface area (Å²) in [4.78, 5) is 11.8. The number of halogens is 1. The minimum Gasteiger partial charge on any atom is -0.465 e. The summed E-state index contributed by atoms with van der Waals surface area (Å²) in [5.74, 6) is -0.415. The van der Waals surface area contributed by atoms with Gasteiger partial charge in [0, 0.05) is 36.1 Å². The van der Waals surface area contributed by atoms with Crippen molar-refractivity contribution in [1.29, 1.82) is 0 Å². The summed E-state index contributed by atoms with van der Waals surface area (Å²) >= 11 is 5.94. The van der Waals surface area contributed by atoms with Crippen molar-refractivity contribution in [2.45, 2.75) is 19.9 Å². The highest BCUT2D eigenvalue weighted by Crippen LogP contribution is 2.22. The van der Waals surface area contributed by atoms with E-state index in [-0.39, 0.29) is 0 Å². The maximum atomic E-state index is 11.8. The van der Waals surface area contributed by atoms with Crippen LogP contribution in [-0.4, -0.2) is 22.9 Å². The fourth-order valence-corrected chi connectivity index (χ4v) is 2.34. The molecule has 1 heterocycles. The largest absolute Gasteiger partial charge is 0.465 e. The molecule has 6 heteroatoms. The van der Waals surface area contributed by atoms with Crippen molar-refractivity contribution in [2.24, 2.45) is 7.05 Å². The van der Waals surface area contributed by atoms with Gasteiger partial charge in [0.2, 0.25) is 0 Å². The van der Waals surface area contributed by atoms with Crippen LogP contribution in [0.4, 0.5) is 5.69 Å². The first kappa shape index (κ1) is 15.4. The van der Waals surface area contributed by atoms with Gasteiger partial charge in [-0.25, -0.2) is 4.79 Å². The lowest BCUT2D eigenvalue weighted by Gasteiger charge is -2.11. The van der Waals surface area contributed by atoms with Crippen LogP contribution in [0.2, 0.25) is 5.02 Å². The molecule has 0 radical (unpaired) electrons. The van der Waals surface area contributed by atoms with Gasteiger partial charge in [-0.2, -0.15) is 5.10 Å². The van der Waals surface area contributed by atoms with Crippen molar-refractivity contribution in [1.82, 2.24) is 9.78 Å². The van der Waals surface area contributed by atoms with Crippen LogP contribution < -0.4 is 5.32 Å². The van der Waals surface area contributed by atoms with E-state index in [1.54, 1.807) is 22.9 Å². The Labute approximate surface area is 128 Å². The van der Waals surface area contributed by atoms with Crippen molar-refractivity contribution in [3.63, 3.8) is 0 Å². The molecule has 1 aromatic carbocycles. The normalized spacial score (nSPS) is 10.5. The van der Waals surface area contributed by atoms with E-state index >= 15 is 0 Å². The molecule has 5 nitrogen and oxygen atoms in total. The minimum absolute atomic E-state index is 0.415. The Hall–Kier alpha value is -2.01. The first-order valence-electron chi connectivity index (χ1n) is 6.68. The fraction of sp³-hybridized carbons (Fsp3) is 0.333. The lowest BCUT2D eigenvalue weighted by Crippen LogP contribution is -2.08. The molecule has 0 aliphatic rings. The highest BCUT2D eigenvalue weighted by Gasteiger charge is 2.13. The number of anilines is 1. The second-order valence-corrected chi connectivity index (χ2v) is 5.10. The summed E-state index contributed by atoms with van der Waals surface area (Å²) in [5, 5.41) is 8.14. The van der Waals surface area contributed by atoms with Crippen LogP contribution in [0.25, 0.3) is 0 Å². The molecule has 0 saturated carbocycles. The zero-order valence-electron chi connectivity index (χ0n) is 12.3. The molecule has 0 saturated heterocycles. The van der Waals surface area contributed by atoms with Crippen molar-refractivity contribution in [2.75, 3.05) is 12.4 Å². The van der Waals surface area contributed by atoms with Crippen LogP contribution in [0, 0.1) is 0 Å². The van der Waals surface area contributed by atoms with Crippen LogP contribution in [-0.2, 0) is 24.8 Å². The molecule has 21 heavy (non-hydrogen) atoms. The van der Waals surface area contributed by atoms with Crippen LogP contribution >= 0.6 is 11.6 Å². The van der Waals surface area contributed by atoms with Crippen LogP contribution in [0.3, 0.4) is 0 Å². The first-order chi connectivity index (χ1) is 10.0. The zero-order valence-corrected chi connectivity index (χ0v) is 13.1. The number of ether oxygens (including phenoxy) is 1. The number of aromatic nitrogens is 2. The molecular formula is C15H18ClN3O2. The number of carbonyl (C=O) groups excluding carboxylic acids is 1. The van der Waals surface area contributed by atoms with E-state index in [9.17, 15) is 4.79 Å². The molecule has 0 spiro atoms. The predicted molar refractivity (Wildman–Crippen MR) is 82.7 cm³/mol. The van der Waals surface area contributed by atoms with Gasteiger partial charge in [0.05, 0.1) is 18.4 Å². The molecular weight excluding hydrogens is 290 g/mol. The fourth-order valence-electron chi connectivity index (χ4n) is 2.17. The quantitative estimate of drug-likeness (QED) is 0.863. The number of methoxy groups -OCH3 is 1. The van der Waals surface area contributed by atoms with E-state index < -0.39 is 5.97 Å². The summed E-state index contributed by atoms with van der Waals surface area (Å²) < 4.78 is 6.57. The van der Waals surface area contributed by atoms with E-state index in [4.69, 9.17) is 16.3 Å². The third kappa shape index (κ3) is 3.55. The zero-order chi connectivity index (χ0) is 15.4. The maximum absolute atomic E-state index is 11.8. The Bertz CT molecular complexity index is 652. The molecule has 0 atom stereocenters. The molecule has 0 fully saturated rings. The molecule has 0 amide bonds. The number of hydrogen-bond donors (Lipinski definition) is 1. The average molecular weight is 308 g/mol. The van der Waals surface area contributed by atoms with Gasteiger partial charge < -0.3 is 10.1 Å². The Morgan fingerprint density at radius 3 is 2.90 bits per heavy atom. The number of nitrogens with one attached hydrogen (secondary N) is 1.